The topological polar surface area (TPSA) is 200 Å². The summed E-state index contributed by atoms with van der Waals surface area (Å²) in [5, 5.41) is 30.6. The van der Waals surface area contributed by atoms with E-state index in [1.165, 1.54) is 4.90 Å². The molecule has 0 bridgehead atoms. The molecule has 4 aliphatic rings. The zero-order chi connectivity index (χ0) is 28.5. The number of aliphatic imine (C=N–C) groups is 2. The van der Waals surface area contributed by atoms with Crippen LogP contribution in [-0.4, -0.2) is 94.0 Å². The quantitative estimate of drug-likeness (QED) is 0.209. The molecule has 13 nitrogen and oxygen atoms in total. The van der Waals surface area contributed by atoms with E-state index in [0.717, 1.165) is 12.0 Å². The minimum absolute atomic E-state index is 0.181. The van der Waals surface area contributed by atoms with Crippen molar-refractivity contribution in [3.63, 3.8) is 0 Å². The number of carbonyl (C=O) groups excluding carboxylic acids is 2. The molecule has 0 saturated carbocycles. The Hall–Kier alpha value is -3.72. The molecule has 1 aromatic rings. The maximum Gasteiger partial charge on any atom is 0.321 e. The van der Waals surface area contributed by atoms with Gasteiger partial charge < -0.3 is 47.3 Å². The first-order valence-corrected chi connectivity index (χ1v) is 12.5. The van der Waals surface area contributed by atoms with Gasteiger partial charge in [-0.2, -0.15) is 8.78 Å². The van der Waals surface area contributed by atoms with Gasteiger partial charge in [0.1, 0.15) is 17.8 Å². The molecule has 3 unspecified atom stereocenters. The molecular formula is C24H32F2N8O5. The molecule has 1 fully saturated rings. The number of ether oxygens (including phenoxy) is 1. The number of hydrogen-bond donors (Lipinski definition) is 7. The predicted molar refractivity (Wildman–Crippen MR) is 135 cm³/mol. The minimum atomic E-state index is -3.64. The number of carbonyl (C=O) groups is 2. The first kappa shape index (κ1) is 26.9. The van der Waals surface area contributed by atoms with Crippen molar-refractivity contribution in [3.05, 3.63) is 29.3 Å². The van der Waals surface area contributed by atoms with Crippen LogP contribution in [0.3, 0.4) is 0 Å². The van der Waals surface area contributed by atoms with Gasteiger partial charge in [0.2, 0.25) is 5.79 Å². The van der Waals surface area contributed by atoms with Crippen LogP contribution >= 0.6 is 0 Å². The number of hydrogen-bond acceptors (Lipinski definition) is 11. The Bertz CT molecular complexity index is 1280. The Balaban J connectivity index is 1.43. The van der Waals surface area contributed by atoms with Crippen molar-refractivity contribution >= 4 is 23.7 Å². The number of nitrogens with zero attached hydrogens (tertiary/aromatic N) is 3. The Labute approximate surface area is 222 Å². The molecule has 4 aliphatic heterocycles. The summed E-state index contributed by atoms with van der Waals surface area (Å²) in [7, 11) is 0. The number of fused-ring (bicyclic) bond motifs is 1. The van der Waals surface area contributed by atoms with E-state index < -0.39 is 53.9 Å². The maximum atomic E-state index is 13.5. The molecule has 1 spiro atoms. The van der Waals surface area contributed by atoms with E-state index in [4.69, 9.17) is 16.2 Å². The van der Waals surface area contributed by atoms with Crippen LogP contribution in [0, 0.1) is 0 Å². The average Bonchev–Trinajstić information content (AvgIpc) is 3.31. The molecule has 39 heavy (non-hydrogen) atoms. The van der Waals surface area contributed by atoms with E-state index in [2.05, 4.69) is 39.8 Å². The lowest BCUT2D eigenvalue weighted by Crippen LogP contribution is -2.78. The first-order chi connectivity index (χ1) is 18.1. The summed E-state index contributed by atoms with van der Waals surface area (Å²) >= 11 is 0. The highest BCUT2D eigenvalue weighted by atomic mass is 19.3. The van der Waals surface area contributed by atoms with Crippen molar-refractivity contribution in [3.8, 4) is 5.75 Å². The summed E-state index contributed by atoms with van der Waals surface area (Å²) in [4.78, 5) is 35.0. The van der Waals surface area contributed by atoms with Crippen LogP contribution in [0.4, 0.5) is 8.78 Å². The molecule has 9 N–H and O–H groups in total. The fourth-order valence-corrected chi connectivity index (χ4v) is 5.79. The summed E-state index contributed by atoms with van der Waals surface area (Å²) < 4.78 is 32.6. The van der Waals surface area contributed by atoms with Crippen LogP contribution in [0.1, 0.15) is 43.1 Å². The number of alkyl halides is 2. The van der Waals surface area contributed by atoms with Gasteiger partial charge in [0.15, 0.2) is 17.6 Å². The summed E-state index contributed by atoms with van der Waals surface area (Å²) in [6.07, 6.45) is 0.770. The van der Waals surface area contributed by atoms with Crippen molar-refractivity contribution in [2.45, 2.75) is 68.1 Å². The lowest BCUT2D eigenvalue weighted by molar-refractivity contribution is -0.230. The van der Waals surface area contributed by atoms with Crippen LogP contribution in [-0.2, 0) is 10.2 Å². The predicted octanol–water partition coefficient (Wildman–Crippen LogP) is -1.71. The molecule has 1 saturated heterocycles. The number of amides is 2. The Morgan fingerprint density at radius 2 is 2.00 bits per heavy atom. The van der Waals surface area contributed by atoms with E-state index in [1.54, 1.807) is 12.1 Å². The number of halogens is 2. The normalized spacial score (nSPS) is 30.0. The van der Waals surface area contributed by atoms with Gasteiger partial charge in [-0.1, -0.05) is 26.0 Å². The minimum Gasteiger partial charge on any atom is -0.492 e. The van der Waals surface area contributed by atoms with Gasteiger partial charge >= 0.3 is 5.92 Å². The second-order valence-electron chi connectivity index (χ2n) is 11.0. The molecule has 1 aromatic carbocycles. The van der Waals surface area contributed by atoms with Gasteiger partial charge in [0.05, 0.1) is 18.2 Å². The lowest BCUT2D eigenvalue weighted by atomic mass is 9.79. The van der Waals surface area contributed by atoms with Crippen molar-refractivity contribution < 1.29 is 33.3 Å². The molecule has 5 rings (SSSR count). The molecule has 0 aliphatic carbocycles. The van der Waals surface area contributed by atoms with E-state index in [-0.39, 0.29) is 29.4 Å². The van der Waals surface area contributed by atoms with Crippen LogP contribution < -0.4 is 32.2 Å². The number of guanidine groups is 2. The number of para-hydroxylation sites is 1. The highest BCUT2D eigenvalue weighted by Gasteiger charge is 2.73. The summed E-state index contributed by atoms with van der Waals surface area (Å²) in [6.45, 7) is 4.34. The van der Waals surface area contributed by atoms with Gasteiger partial charge in [0, 0.05) is 25.6 Å². The largest absolute Gasteiger partial charge is 0.492 e. The third kappa shape index (κ3) is 4.02. The van der Waals surface area contributed by atoms with Gasteiger partial charge in [-0.15, -0.1) is 0 Å². The lowest BCUT2D eigenvalue weighted by Gasteiger charge is -2.49. The Morgan fingerprint density at radius 3 is 2.69 bits per heavy atom. The number of nitrogens with one attached hydrogen (secondary N) is 3. The molecule has 15 heteroatoms. The summed E-state index contributed by atoms with van der Waals surface area (Å²) in [5.41, 5.74) is 11.1. The van der Waals surface area contributed by atoms with Gasteiger partial charge in [0.25, 0.3) is 11.8 Å². The summed E-state index contributed by atoms with van der Waals surface area (Å²) in [5.74, 6) is -8.45. The number of aliphatic hydroxyl groups is 2. The molecular weight excluding hydrogens is 518 g/mol. The number of rotatable bonds is 5. The summed E-state index contributed by atoms with van der Waals surface area (Å²) in [6, 6.07) is 1.64. The third-order valence-corrected chi connectivity index (χ3v) is 7.94. The van der Waals surface area contributed by atoms with Gasteiger partial charge in [-0.3, -0.25) is 9.59 Å². The second-order valence-corrected chi connectivity index (χ2v) is 11.0. The van der Waals surface area contributed by atoms with Crippen molar-refractivity contribution in [2.24, 2.45) is 21.5 Å². The van der Waals surface area contributed by atoms with E-state index in [0.29, 0.717) is 19.3 Å². The van der Waals surface area contributed by atoms with Crippen LogP contribution in [0.5, 0.6) is 5.75 Å². The standard InChI is InChI=1S/C24H32F2N8O5/c1-21(2)7-8-39-15-11(5-4-6-12(15)21)17(35)31-14-10-34-20(28)30-13(9-29-18(36)22(3,25)26)16-23(34,24(14,37)38)33-19(27)32-16/h4-6,13-14,16,37-38H,7-10H2,1-3H3,(H2,28,30)(H,29,36)(H,31,35)(H3,27,32,33)/t13-,14?,16?,23?/m0/s1. The van der Waals surface area contributed by atoms with E-state index in [1.807, 2.05) is 6.07 Å². The Morgan fingerprint density at radius 1 is 1.28 bits per heavy atom. The molecule has 0 radical (unpaired) electrons. The maximum absolute atomic E-state index is 13.5. The number of benzene rings is 1. The highest BCUT2D eigenvalue weighted by molar-refractivity contribution is 5.98. The monoisotopic (exact) mass is 550 g/mol. The molecule has 4 heterocycles. The van der Waals surface area contributed by atoms with Crippen molar-refractivity contribution in [2.75, 3.05) is 19.7 Å². The van der Waals surface area contributed by atoms with Crippen LogP contribution in [0.2, 0.25) is 0 Å². The first-order valence-electron chi connectivity index (χ1n) is 12.5. The molecule has 212 valence electrons. The van der Waals surface area contributed by atoms with E-state index in [9.17, 15) is 28.6 Å². The molecule has 2 amide bonds. The smallest absolute Gasteiger partial charge is 0.321 e. The number of nitrogens with two attached hydrogens (primary N) is 2. The van der Waals surface area contributed by atoms with Crippen molar-refractivity contribution in [1.82, 2.24) is 20.9 Å². The van der Waals surface area contributed by atoms with Gasteiger partial charge in [-0.05, 0) is 17.9 Å². The third-order valence-electron chi connectivity index (χ3n) is 7.94. The molecule has 4 atom stereocenters. The van der Waals surface area contributed by atoms with Crippen molar-refractivity contribution in [1.29, 1.82) is 0 Å². The van der Waals surface area contributed by atoms with Gasteiger partial charge in [-0.25, -0.2) is 9.98 Å². The fraction of sp³-hybridized carbons (Fsp3) is 0.583. The second kappa shape index (κ2) is 8.64. The SMILES string of the molecule is CC(F)(F)C(=O)NC[C@@H]1N=C(N)N2CC(NC(=O)c3cccc4c3OCCC4(C)C)C(O)(O)C23NC(N)=NC13. The average molecular weight is 551 g/mol. The van der Waals surface area contributed by atoms with Crippen LogP contribution in [0.15, 0.2) is 28.2 Å². The Kier molecular flexibility index (Phi) is 5.95. The van der Waals surface area contributed by atoms with Crippen LogP contribution in [0.25, 0.3) is 0 Å². The van der Waals surface area contributed by atoms with E-state index >= 15 is 0 Å². The molecule has 0 aromatic heterocycles. The zero-order valence-corrected chi connectivity index (χ0v) is 21.7. The fourth-order valence-electron chi connectivity index (χ4n) is 5.79. The zero-order valence-electron chi connectivity index (χ0n) is 21.7. The highest BCUT2D eigenvalue weighted by Crippen LogP contribution is 2.45.